The molecule has 2 atom stereocenters. The predicted molar refractivity (Wildman–Crippen MR) is 93.6 cm³/mol. The van der Waals surface area contributed by atoms with Crippen LogP contribution in [0.1, 0.15) is 4.88 Å². The summed E-state index contributed by atoms with van der Waals surface area (Å²) in [5.74, 6) is -2.78. The van der Waals surface area contributed by atoms with Crippen LogP contribution in [0.3, 0.4) is 0 Å². The van der Waals surface area contributed by atoms with Gasteiger partial charge in [-0.2, -0.15) is 8.42 Å². The number of fused-ring (bicyclic) bond motifs is 1. The van der Waals surface area contributed by atoms with E-state index in [0.717, 1.165) is 27.8 Å². The van der Waals surface area contributed by atoms with Gasteiger partial charge < -0.3 is 14.6 Å². The fourth-order valence-corrected chi connectivity index (χ4v) is 5.17. The lowest BCUT2D eigenvalue weighted by atomic mass is 10.0. The van der Waals surface area contributed by atoms with Gasteiger partial charge >= 0.3 is 16.1 Å². The zero-order valence-electron chi connectivity index (χ0n) is 13.4. The highest BCUT2D eigenvalue weighted by atomic mass is 32.2. The van der Waals surface area contributed by atoms with Crippen LogP contribution in [0.4, 0.5) is 0 Å². The first-order valence-electron chi connectivity index (χ1n) is 7.29. The van der Waals surface area contributed by atoms with Gasteiger partial charge in [-0.3, -0.25) is 14.5 Å². The summed E-state index contributed by atoms with van der Waals surface area (Å²) in [7, 11) is -3.93. The molecule has 3 rings (SSSR count). The number of hydrogen-bond acceptors (Lipinski definition) is 8. The van der Waals surface area contributed by atoms with Crippen molar-refractivity contribution >= 4 is 51.0 Å². The third-order valence-corrected chi connectivity index (χ3v) is 6.25. The van der Waals surface area contributed by atoms with E-state index in [-0.39, 0.29) is 23.8 Å². The summed E-state index contributed by atoms with van der Waals surface area (Å²) < 4.78 is 27.3. The Labute approximate surface area is 157 Å². The first-order valence-corrected chi connectivity index (χ1v) is 11.0. The smallest absolute Gasteiger partial charge is 0.356 e. The first-order chi connectivity index (χ1) is 12.2. The lowest BCUT2D eigenvalue weighted by Crippen LogP contribution is -2.70. The molecule has 1 aromatic rings. The molecular formula is C14H14N2O7S3. The number of hydrogen-bond donors (Lipinski definition) is 2. The maximum absolute atomic E-state index is 12.4. The zero-order chi connectivity index (χ0) is 19.1. The molecule has 1 aromatic heterocycles. The van der Waals surface area contributed by atoms with E-state index in [9.17, 15) is 27.9 Å². The monoisotopic (exact) mass is 418 g/mol. The maximum Gasteiger partial charge on any atom is 0.356 e. The summed E-state index contributed by atoms with van der Waals surface area (Å²) in [6, 6.07) is 2.75. The number of thiophene rings is 1. The SMILES string of the molecule is CS(=O)(=O)OC1=C(C(=O)O)N2C(=O)C(NC(=O)Cc3cccs3)[C@@H]2SC1. The van der Waals surface area contributed by atoms with Crippen LogP contribution in [0, 0.1) is 0 Å². The fourth-order valence-electron chi connectivity index (χ4n) is 2.63. The molecule has 26 heavy (non-hydrogen) atoms. The van der Waals surface area contributed by atoms with Gasteiger partial charge in [-0.15, -0.1) is 23.1 Å². The molecule has 2 aliphatic heterocycles. The van der Waals surface area contributed by atoms with Gasteiger partial charge in [0.25, 0.3) is 5.91 Å². The van der Waals surface area contributed by atoms with Crippen molar-refractivity contribution in [3.05, 3.63) is 33.8 Å². The summed E-state index contributed by atoms with van der Waals surface area (Å²) >= 11 is 2.54. The third-order valence-electron chi connectivity index (χ3n) is 3.62. The van der Waals surface area contributed by atoms with Crippen molar-refractivity contribution in [3.63, 3.8) is 0 Å². The molecule has 140 valence electrons. The van der Waals surface area contributed by atoms with E-state index in [0.29, 0.717) is 0 Å². The number of nitrogens with one attached hydrogen (secondary N) is 1. The minimum absolute atomic E-state index is 0.0412. The second-order valence-corrected chi connectivity index (χ2v) is 9.29. The molecule has 1 saturated heterocycles. The molecule has 0 saturated carbocycles. The molecule has 0 bridgehead atoms. The third kappa shape index (κ3) is 3.71. The van der Waals surface area contributed by atoms with Gasteiger partial charge in [-0.1, -0.05) is 6.07 Å². The molecule has 2 aliphatic rings. The van der Waals surface area contributed by atoms with Crippen LogP contribution in [0.25, 0.3) is 0 Å². The summed E-state index contributed by atoms with van der Waals surface area (Å²) in [5, 5.41) is 13.2. The van der Waals surface area contributed by atoms with Gasteiger partial charge in [-0.25, -0.2) is 4.79 Å². The van der Waals surface area contributed by atoms with Gasteiger partial charge in [-0.05, 0) is 11.4 Å². The normalized spacial score (nSPS) is 22.5. The number of thioether (sulfide) groups is 1. The molecule has 0 aliphatic carbocycles. The number of amides is 2. The molecule has 2 N–H and O–H groups in total. The van der Waals surface area contributed by atoms with Gasteiger partial charge in [0.15, 0.2) is 11.5 Å². The summed E-state index contributed by atoms with van der Waals surface area (Å²) in [6.07, 6.45) is 0.921. The van der Waals surface area contributed by atoms with Crippen LogP contribution in [0.5, 0.6) is 0 Å². The van der Waals surface area contributed by atoms with E-state index in [1.54, 1.807) is 6.07 Å². The number of carbonyl (C=O) groups excluding carboxylic acids is 2. The Balaban J connectivity index is 1.74. The number of β-lactam (4-membered cyclic amide) rings is 1. The van der Waals surface area contributed by atoms with Crippen molar-refractivity contribution < 1.29 is 32.1 Å². The highest BCUT2D eigenvalue weighted by molar-refractivity contribution is 8.00. The lowest BCUT2D eigenvalue weighted by Gasteiger charge is -2.48. The molecule has 3 heterocycles. The van der Waals surface area contributed by atoms with Crippen LogP contribution in [-0.4, -0.2) is 59.6 Å². The maximum atomic E-state index is 12.4. The molecular weight excluding hydrogens is 404 g/mol. The van der Waals surface area contributed by atoms with Crippen molar-refractivity contribution in [1.29, 1.82) is 0 Å². The van der Waals surface area contributed by atoms with Crippen molar-refractivity contribution in [2.75, 3.05) is 12.0 Å². The lowest BCUT2D eigenvalue weighted by molar-refractivity contribution is -0.151. The first kappa shape index (κ1) is 18.7. The topological polar surface area (TPSA) is 130 Å². The number of aliphatic carboxylic acids is 1. The average Bonchev–Trinajstić information content (AvgIpc) is 3.03. The molecule has 1 unspecified atom stereocenters. The fraction of sp³-hybridized carbons (Fsp3) is 0.357. The number of nitrogens with zero attached hydrogens (tertiary/aromatic N) is 1. The Morgan fingerprint density at radius 1 is 1.46 bits per heavy atom. The summed E-state index contributed by atoms with van der Waals surface area (Å²) in [4.78, 5) is 37.7. The second-order valence-electron chi connectivity index (χ2n) is 5.58. The Hall–Kier alpha value is -2.05. The van der Waals surface area contributed by atoms with Crippen LogP contribution in [-0.2, 0) is 35.1 Å². The van der Waals surface area contributed by atoms with Gasteiger partial charge in [0.05, 0.1) is 18.4 Å². The molecule has 9 nitrogen and oxygen atoms in total. The van der Waals surface area contributed by atoms with Crippen molar-refractivity contribution in [3.8, 4) is 0 Å². The molecule has 0 radical (unpaired) electrons. The minimum atomic E-state index is -3.93. The van der Waals surface area contributed by atoms with Gasteiger partial charge in [0.2, 0.25) is 5.91 Å². The second kappa shape index (κ2) is 6.93. The number of carboxylic acids is 1. The van der Waals surface area contributed by atoms with E-state index >= 15 is 0 Å². The van der Waals surface area contributed by atoms with E-state index in [1.807, 2.05) is 11.4 Å². The number of rotatable bonds is 6. The van der Waals surface area contributed by atoms with Crippen LogP contribution in [0.2, 0.25) is 0 Å². The summed E-state index contributed by atoms with van der Waals surface area (Å²) in [6.45, 7) is 0. The van der Waals surface area contributed by atoms with E-state index in [1.165, 1.54) is 11.3 Å². The Kier molecular flexibility index (Phi) is 4.99. The standard InChI is InChI=1S/C14H14N2O7S3/c1-26(21,22)23-8-6-25-13-10(12(18)16(13)11(8)14(19)20)15-9(17)5-7-3-2-4-24-7/h2-4,10,13H,5-6H2,1H3,(H,15,17)(H,19,20)/t10?,13-/m0/s1. The van der Waals surface area contributed by atoms with E-state index in [2.05, 4.69) is 5.32 Å². The zero-order valence-corrected chi connectivity index (χ0v) is 15.8. The number of carboxylic acid groups (broad SMARTS) is 1. The van der Waals surface area contributed by atoms with Gasteiger partial charge in [0, 0.05) is 4.88 Å². The number of carbonyl (C=O) groups is 3. The Bertz CT molecular complexity index is 892. The molecule has 1 fully saturated rings. The minimum Gasteiger partial charge on any atom is -0.476 e. The predicted octanol–water partition coefficient (Wildman–Crippen LogP) is -0.0371. The van der Waals surface area contributed by atoms with Gasteiger partial charge in [0.1, 0.15) is 11.4 Å². The highest BCUT2D eigenvalue weighted by Gasteiger charge is 2.55. The average molecular weight is 418 g/mol. The Morgan fingerprint density at radius 3 is 2.77 bits per heavy atom. The molecule has 0 aromatic carbocycles. The van der Waals surface area contributed by atoms with Crippen LogP contribution < -0.4 is 5.32 Å². The molecule has 2 amide bonds. The molecule has 0 spiro atoms. The van der Waals surface area contributed by atoms with Crippen molar-refractivity contribution in [1.82, 2.24) is 10.2 Å². The molecule has 12 heteroatoms. The van der Waals surface area contributed by atoms with E-state index in [4.69, 9.17) is 4.18 Å². The highest BCUT2D eigenvalue weighted by Crippen LogP contribution is 2.40. The largest absolute Gasteiger partial charge is 0.476 e. The Morgan fingerprint density at radius 2 is 2.19 bits per heavy atom. The van der Waals surface area contributed by atoms with Crippen molar-refractivity contribution in [2.24, 2.45) is 0 Å². The quantitative estimate of drug-likeness (QED) is 0.486. The van der Waals surface area contributed by atoms with Crippen LogP contribution in [0.15, 0.2) is 29.0 Å². The van der Waals surface area contributed by atoms with E-state index < -0.39 is 39.1 Å². The summed E-state index contributed by atoms with van der Waals surface area (Å²) in [5.41, 5.74) is -0.507. The van der Waals surface area contributed by atoms with Crippen molar-refractivity contribution in [2.45, 2.75) is 17.8 Å². The van der Waals surface area contributed by atoms with Crippen LogP contribution >= 0.6 is 23.1 Å².